The van der Waals surface area contributed by atoms with Crippen LogP contribution in [0.25, 0.3) is 0 Å². The van der Waals surface area contributed by atoms with Crippen LogP contribution in [0.15, 0.2) is 49.1 Å². The minimum Gasteiger partial charge on any atom is -0.370 e. The molecule has 172 valence electrons. The lowest BCUT2D eigenvalue weighted by Crippen LogP contribution is -2.47. The summed E-state index contributed by atoms with van der Waals surface area (Å²) in [5, 5.41) is 10.5. The fourth-order valence-electron chi connectivity index (χ4n) is 6.67. The maximum atomic E-state index is 9.63. The molecule has 0 aromatic heterocycles. The summed E-state index contributed by atoms with van der Waals surface area (Å²) in [6, 6.07) is 15.9. The molecule has 1 aliphatic heterocycles. The first kappa shape index (κ1) is 22.5. The van der Waals surface area contributed by atoms with Crippen LogP contribution in [-0.2, 0) is 24.8 Å². The van der Waals surface area contributed by atoms with E-state index in [2.05, 4.69) is 53.9 Å². The van der Waals surface area contributed by atoms with E-state index in [9.17, 15) is 5.26 Å². The number of benzene rings is 2. The molecule has 2 aromatic carbocycles. The molecule has 4 atom stereocenters. The lowest BCUT2D eigenvalue weighted by atomic mass is 9.66. The predicted molar refractivity (Wildman–Crippen MR) is 136 cm³/mol. The van der Waals surface area contributed by atoms with E-state index in [0.29, 0.717) is 18.4 Å². The van der Waals surface area contributed by atoms with E-state index in [4.69, 9.17) is 17.3 Å². The first-order valence-corrected chi connectivity index (χ1v) is 12.8. The minimum atomic E-state index is -0.0444. The van der Waals surface area contributed by atoms with Gasteiger partial charge in [-0.3, -0.25) is 0 Å². The molecule has 0 bridgehead atoms. The molecule has 4 heteroatoms. The number of allylic oxidation sites excluding steroid dienone is 1. The minimum absolute atomic E-state index is 0.0444. The van der Waals surface area contributed by atoms with E-state index >= 15 is 0 Å². The molecule has 0 radical (unpaired) electrons. The van der Waals surface area contributed by atoms with Gasteiger partial charge in [0.15, 0.2) is 0 Å². The number of hydrogen-bond donors (Lipinski definition) is 1. The average Bonchev–Trinajstić information content (AvgIpc) is 2.97. The molecule has 0 amide bonds. The lowest BCUT2D eigenvalue weighted by Gasteiger charge is -2.46. The number of anilines is 1. The Kier molecular flexibility index (Phi) is 6.25. The summed E-state index contributed by atoms with van der Waals surface area (Å²) < 4.78 is 0. The second kappa shape index (κ2) is 9.16. The van der Waals surface area contributed by atoms with Crippen LogP contribution in [0.2, 0.25) is 5.02 Å². The Labute approximate surface area is 203 Å². The predicted octanol–water partition coefficient (Wildman–Crippen LogP) is 6.18. The molecule has 1 spiro atoms. The third kappa shape index (κ3) is 4.09. The SMILES string of the molecule is C=CC(C#N)C1CCC1CN1CC2(CCCc3cc(Cl)ccc32)CCc2ccc(CN)cc21. The molecular weight excluding hydrogens is 426 g/mol. The third-order valence-corrected chi connectivity index (χ3v) is 8.86. The van der Waals surface area contributed by atoms with Crippen LogP contribution < -0.4 is 10.6 Å². The van der Waals surface area contributed by atoms with Crippen molar-refractivity contribution in [2.75, 3.05) is 18.0 Å². The molecule has 33 heavy (non-hydrogen) atoms. The number of halogens is 1. The van der Waals surface area contributed by atoms with Crippen LogP contribution in [0.3, 0.4) is 0 Å². The van der Waals surface area contributed by atoms with Gasteiger partial charge >= 0.3 is 0 Å². The Bertz CT molecular complexity index is 1090. The number of rotatable bonds is 5. The van der Waals surface area contributed by atoms with E-state index in [1.54, 1.807) is 0 Å². The highest BCUT2D eigenvalue weighted by Gasteiger charge is 2.43. The first-order valence-electron chi connectivity index (χ1n) is 12.4. The number of aryl methyl sites for hydroxylation is 2. The zero-order valence-electron chi connectivity index (χ0n) is 19.4. The lowest BCUT2D eigenvalue weighted by molar-refractivity contribution is 0.152. The van der Waals surface area contributed by atoms with Gasteiger partial charge in [0.2, 0.25) is 0 Å². The fourth-order valence-corrected chi connectivity index (χ4v) is 6.87. The van der Waals surface area contributed by atoms with Gasteiger partial charge < -0.3 is 10.6 Å². The highest BCUT2D eigenvalue weighted by atomic mass is 35.5. The summed E-state index contributed by atoms with van der Waals surface area (Å²) in [4.78, 5) is 2.65. The number of nitrogens with zero attached hydrogens (tertiary/aromatic N) is 2. The van der Waals surface area contributed by atoms with Crippen LogP contribution in [0.1, 0.15) is 54.4 Å². The monoisotopic (exact) mass is 459 g/mol. The van der Waals surface area contributed by atoms with Crippen molar-refractivity contribution >= 4 is 17.3 Å². The van der Waals surface area contributed by atoms with Gasteiger partial charge in [0.1, 0.15) is 0 Å². The van der Waals surface area contributed by atoms with Crippen molar-refractivity contribution in [3.8, 4) is 6.07 Å². The van der Waals surface area contributed by atoms with Gasteiger partial charge in [-0.25, -0.2) is 0 Å². The van der Waals surface area contributed by atoms with Gasteiger partial charge in [0.05, 0.1) is 12.0 Å². The molecule has 1 heterocycles. The Morgan fingerprint density at radius 2 is 2.06 bits per heavy atom. The van der Waals surface area contributed by atoms with Crippen molar-refractivity contribution in [1.82, 2.24) is 0 Å². The highest BCUT2D eigenvalue weighted by molar-refractivity contribution is 6.30. The third-order valence-electron chi connectivity index (χ3n) is 8.63. The molecule has 2 N–H and O–H groups in total. The van der Waals surface area contributed by atoms with Crippen LogP contribution in [0.4, 0.5) is 5.69 Å². The van der Waals surface area contributed by atoms with Gasteiger partial charge in [0.25, 0.3) is 0 Å². The number of hydrogen-bond acceptors (Lipinski definition) is 3. The second-order valence-corrected chi connectivity index (χ2v) is 10.8. The smallest absolute Gasteiger partial charge is 0.0700 e. The van der Waals surface area contributed by atoms with Gasteiger partial charge in [-0.15, -0.1) is 6.58 Å². The summed E-state index contributed by atoms with van der Waals surface area (Å²) in [5.74, 6) is 0.910. The van der Waals surface area contributed by atoms with E-state index in [1.807, 2.05) is 6.08 Å². The zero-order valence-corrected chi connectivity index (χ0v) is 20.2. The average molecular weight is 460 g/mol. The molecule has 5 rings (SSSR count). The van der Waals surface area contributed by atoms with Crippen molar-refractivity contribution in [2.45, 2.75) is 56.9 Å². The van der Waals surface area contributed by atoms with Crippen molar-refractivity contribution in [3.63, 3.8) is 0 Å². The molecule has 2 aliphatic carbocycles. The number of nitriles is 1. The summed E-state index contributed by atoms with van der Waals surface area (Å²) in [6.45, 7) is 6.52. The molecular formula is C29H34ClN3. The molecule has 3 nitrogen and oxygen atoms in total. The maximum Gasteiger partial charge on any atom is 0.0700 e. The largest absolute Gasteiger partial charge is 0.370 e. The summed E-state index contributed by atoms with van der Waals surface area (Å²) in [7, 11) is 0. The maximum absolute atomic E-state index is 9.63. The van der Waals surface area contributed by atoms with Crippen molar-refractivity contribution < 1.29 is 0 Å². The molecule has 0 saturated heterocycles. The Morgan fingerprint density at radius 1 is 1.18 bits per heavy atom. The zero-order chi connectivity index (χ0) is 23.0. The quantitative estimate of drug-likeness (QED) is 0.543. The Balaban J connectivity index is 1.53. The van der Waals surface area contributed by atoms with Gasteiger partial charge in [-0.2, -0.15) is 5.26 Å². The molecule has 2 aromatic rings. The van der Waals surface area contributed by atoms with E-state index in [0.717, 1.165) is 43.8 Å². The normalized spacial score (nSPS) is 27.0. The molecule has 3 aliphatic rings. The second-order valence-electron chi connectivity index (χ2n) is 10.4. The Morgan fingerprint density at radius 3 is 2.79 bits per heavy atom. The fraction of sp³-hybridized carbons (Fsp3) is 0.483. The van der Waals surface area contributed by atoms with Crippen LogP contribution in [0, 0.1) is 29.1 Å². The van der Waals surface area contributed by atoms with E-state index < -0.39 is 0 Å². The van der Waals surface area contributed by atoms with E-state index in [1.165, 1.54) is 47.2 Å². The highest BCUT2D eigenvalue weighted by Crippen LogP contribution is 2.47. The number of nitrogens with two attached hydrogens (primary N) is 1. The number of fused-ring (bicyclic) bond motifs is 3. The van der Waals surface area contributed by atoms with Crippen LogP contribution in [-0.4, -0.2) is 13.1 Å². The molecule has 1 fully saturated rings. The molecule has 1 saturated carbocycles. The van der Waals surface area contributed by atoms with Gasteiger partial charge in [-0.1, -0.05) is 35.9 Å². The van der Waals surface area contributed by atoms with E-state index in [-0.39, 0.29) is 11.3 Å². The Hall–Kier alpha value is -2.28. The summed E-state index contributed by atoms with van der Waals surface area (Å²) >= 11 is 6.38. The summed E-state index contributed by atoms with van der Waals surface area (Å²) in [6.07, 6.45) is 9.97. The topological polar surface area (TPSA) is 53.0 Å². The first-order chi connectivity index (χ1) is 16.1. The summed E-state index contributed by atoms with van der Waals surface area (Å²) in [5.41, 5.74) is 13.1. The van der Waals surface area contributed by atoms with Crippen LogP contribution in [0.5, 0.6) is 0 Å². The van der Waals surface area contributed by atoms with Crippen LogP contribution >= 0.6 is 11.6 Å². The van der Waals surface area contributed by atoms with Crippen molar-refractivity contribution in [2.24, 2.45) is 23.5 Å². The van der Waals surface area contributed by atoms with Crippen molar-refractivity contribution in [3.05, 3.63) is 76.3 Å². The van der Waals surface area contributed by atoms with Gasteiger partial charge in [0, 0.05) is 35.8 Å². The van der Waals surface area contributed by atoms with Gasteiger partial charge in [-0.05, 0) is 97.2 Å². The molecule has 4 unspecified atom stereocenters. The van der Waals surface area contributed by atoms with Crippen molar-refractivity contribution in [1.29, 1.82) is 5.26 Å². The standard InChI is InChI=1S/C29H34ClN3/c1-2-21(17-32)26-9-7-24(26)18-33-19-29(12-3-4-23-15-25(30)8-10-27(23)29)13-11-22-6-5-20(16-31)14-28(22)33/h2,5-6,8,10,14-15,21,24,26H,1,3-4,7,9,11-13,16,18-19,31H2.